The number of ether oxygens (including phenoxy) is 1. The molecule has 4 heteroatoms. The van der Waals surface area contributed by atoms with Gasteiger partial charge < -0.3 is 9.26 Å². The fraction of sp³-hybridized carbons (Fsp3) is 0.750. The minimum absolute atomic E-state index is 0.158. The highest BCUT2D eigenvalue weighted by Gasteiger charge is 2.12. The monoisotopic (exact) mass is 170 g/mol. The van der Waals surface area contributed by atoms with E-state index in [1.165, 1.54) is 0 Å². The summed E-state index contributed by atoms with van der Waals surface area (Å²) < 4.78 is 10.2. The molecular weight excluding hydrogens is 156 g/mol. The molecular formula is C8H14N2O2. The van der Waals surface area contributed by atoms with Gasteiger partial charge in [0.05, 0.1) is 5.60 Å². The summed E-state index contributed by atoms with van der Waals surface area (Å²) in [5.74, 6) is 1.17. The summed E-state index contributed by atoms with van der Waals surface area (Å²) in [6, 6.07) is 0. The molecule has 0 aliphatic rings. The molecule has 0 aliphatic heterocycles. The molecule has 0 fully saturated rings. The zero-order valence-corrected chi connectivity index (χ0v) is 7.92. The first-order chi connectivity index (χ1) is 5.47. The zero-order chi connectivity index (χ0) is 9.19. The highest BCUT2D eigenvalue weighted by Crippen LogP contribution is 2.09. The van der Waals surface area contributed by atoms with E-state index < -0.39 is 0 Å². The maximum Gasteiger partial charge on any atom is 0.223 e. The molecule has 0 radical (unpaired) electrons. The number of aromatic nitrogens is 2. The second-order valence-corrected chi connectivity index (χ2v) is 3.63. The van der Waals surface area contributed by atoms with E-state index in [2.05, 4.69) is 10.1 Å². The molecule has 0 N–H and O–H groups in total. The molecule has 0 amide bonds. The van der Waals surface area contributed by atoms with Gasteiger partial charge in [-0.1, -0.05) is 5.16 Å². The average Bonchev–Trinajstić information content (AvgIpc) is 2.30. The van der Waals surface area contributed by atoms with Crippen LogP contribution >= 0.6 is 0 Å². The van der Waals surface area contributed by atoms with E-state index in [0.717, 1.165) is 0 Å². The molecule has 12 heavy (non-hydrogen) atoms. The van der Waals surface area contributed by atoms with E-state index in [-0.39, 0.29) is 5.60 Å². The second kappa shape index (κ2) is 3.23. The van der Waals surface area contributed by atoms with Crippen LogP contribution in [0.15, 0.2) is 4.52 Å². The fourth-order valence-corrected chi connectivity index (χ4v) is 0.681. The van der Waals surface area contributed by atoms with Crippen LogP contribution in [0.3, 0.4) is 0 Å². The summed E-state index contributed by atoms with van der Waals surface area (Å²) in [5.41, 5.74) is -0.158. The van der Waals surface area contributed by atoms with E-state index in [4.69, 9.17) is 9.26 Å². The third-order valence-electron chi connectivity index (χ3n) is 1.20. The first kappa shape index (κ1) is 9.19. The average molecular weight is 170 g/mol. The summed E-state index contributed by atoms with van der Waals surface area (Å²) in [4.78, 5) is 4.01. The van der Waals surface area contributed by atoms with Gasteiger partial charge in [-0.15, -0.1) is 0 Å². The van der Waals surface area contributed by atoms with Crippen molar-refractivity contribution in [3.63, 3.8) is 0 Å². The fourth-order valence-electron chi connectivity index (χ4n) is 0.681. The Morgan fingerprint density at radius 1 is 1.42 bits per heavy atom. The molecule has 0 saturated carbocycles. The zero-order valence-electron chi connectivity index (χ0n) is 7.92. The summed E-state index contributed by atoms with van der Waals surface area (Å²) >= 11 is 0. The number of rotatable bonds is 2. The van der Waals surface area contributed by atoms with Crippen molar-refractivity contribution in [1.82, 2.24) is 10.1 Å². The molecule has 0 atom stereocenters. The summed E-state index contributed by atoms with van der Waals surface area (Å²) in [5, 5.41) is 3.71. The third-order valence-corrected chi connectivity index (χ3v) is 1.20. The van der Waals surface area contributed by atoms with Crippen LogP contribution in [0.2, 0.25) is 0 Å². The van der Waals surface area contributed by atoms with Crippen molar-refractivity contribution in [2.75, 3.05) is 0 Å². The van der Waals surface area contributed by atoms with Gasteiger partial charge in [-0.05, 0) is 20.8 Å². The van der Waals surface area contributed by atoms with Gasteiger partial charge in [0.2, 0.25) is 5.89 Å². The van der Waals surface area contributed by atoms with Gasteiger partial charge >= 0.3 is 0 Å². The van der Waals surface area contributed by atoms with Crippen LogP contribution < -0.4 is 0 Å². The molecule has 0 aromatic carbocycles. The minimum atomic E-state index is -0.158. The Kier molecular flexibility index (Phi) is 2.47. The van der Waals surface area contributed by atoms with E-state index in [0.29, 0.717) is 18.3 Å². The lowest BCUT2D eigenvalue weighted by molar-refractivity contribution is -0.0187. The maximum absolute atomic E-state index is 5.44. The van der Waals surface area contributed by atoms with E-state index in [9.17, 15) is 0 Å². The highest BCUT2D eigenvalue weighted by molar-refractivity contribution is 4.81. The van der Waals surface area contributed by atoms with Crippen molar-refractivity contribution in [1.29, 1.82) is 0 Å². The van der Waals surface area contributed by atoms with Gasteiger partial charge in [0.25, 0.3) is 0 Å². The Labute approximate surface area is 71.9 Å². The Morgan fingerprint density at radius 3 is 2.50 bits per heavy atom. The largest absolute Gasteiger partial charge is 0.368 e. The van der Waals surface area contributed by atoms with Gasteiger partial charge in [0, 0.05) is 6.92 Å². The minimum Gasteiger partial charge on any atom is -0.368 e. The predicted molar refractivity (Wildman–Crippen MR) is 43.6 cm³/mol. The summed E-state index contributed by atoms with van der Waals surface area (Å²) in [6.45, 7) is 8.12. The number of nitrogens with zero attached hydrogens (tertiary/aromatic N) is 2. The Hall–Kier alpha value is -0.900. The quantitative estimate of drug-likeness (QED) is 0.677. The van der Waals surface area contributed by atoms with Gasteiger partial charge in [-0.25, -0.2) is 0 Å². The van der Waals surface area contributed by atoms with Crippen molar-refractivity contribution in [2.45, 2.75) is 39.9 Å². The lowest BCUT2D eigenvalue weighted by atomic mass is 10.2. The maximum atomic E-state index is 5.44. The topological polar surface area (TPSA) is 48.2 Å². The SMILES string of the molecule is Cc1nc(COC(C)(C)C)no1. The molecule has 0 spiro atoms. The third kappa shape index (κ3) is 3.00. The first-order valence-corrected chi connectivity index (χ1v) is 3.90. The lowest BCUT2D eigenvalue weighted by Crippen LogP contribution is -2.19. The molecule has 0 unspecified atom stereocenters. The van der Waals surface area contributed by atoms with E-state index in [1.807, 2.05) is 20.8 Å². The number of hydrogen-bond donors (Lipinski definition) is 0. The number of hydrogen-bond acceptors (Lipinski definition) is 4. The number of aryl methyl sites for hydroxylation is 1. The molecule has 0 bridgehead atoms. The smallest absolute Gasteiger partial charge is 0.223 e. The Morgan fingerprint density at radius 2 is 2.08 bits per heavy atom. The van der Waals surface area contributed by atoms with Crippen LogP contribution in [0, 0.1) is 6.92 Å². The van der Waals surface area contributed by atoms with Crippen molar-refractivity contribution in [3.8, 4) is 0 Å². The molecule has 0 saturated heterocycles. The normalized spacial score (nSPS) is 12.0. The second-order valence-electron chi connectivity index (χ2n) is 3.63. The Balaban J connectivity index is 2.44. The summed E-state index contributed by atoms with van der Waals surface area (Å²) in [7, 11) is 0. The summed E-state index contributed by atoms with van der Waals surface area (Å²) in [6.07, 6.45) is 0. The van der Waals surface area contributed by atoms with Crippen LogP contribution in [-0.4, -0.2) is 15.7 Å². The molecule has 1 aromatic heterocycles. The molecule has 1 aromatic rings. The first-order valence-electron chi connectivity index (χ1n) is 3.90. The van der Waals surface area contributed by atoms with Gasteiger partial charge in [0.1, 0.15) is 6.61 Å². The van der Waals surface area contributed by atoms with Crippen LogP contribution in [0.4, 0.5) is 0 Å². The van der Waals surface area contributed by atoms with Crippen molar-refractivity contribution >= 4 is 0 Å². The van der Waals surface area contributed by atoms with Crippen LogP contribution in [-0.2, 0) is 11.3 Å². The predicted octanol–water partition coefficient (Wildman–Crippen LogP) is 1.69. The van der Waals surface area contributed by atoms with Crippen molar-refractivity contribution in [3.05, 3.63) is 11.7 Å². The molecule has 0 aliphatic carbocycles. The Bertz CT molecular complexity index is 250. The van der Waals surface area contributed by atoms with Gasteiger partial charge in [-0.2, -0.15) is 4.98 Å². The van der Waals surface area contributed by atoms with Crippen molar-refractivity contribution < 1.29 is 9.26 Å². The highest BCUT2D eigenvalue weighted by atomic mass is 16.5. The van der Waals surface area contributed by atoms with E-state index >= 15 is 0 Å². The molecule has 1 heterocycles. The molecule has 4 nitrogen and oxygen atoms in total. The van der Waals surface area contributed by atoms with Crippen LogP contribution in [0.1, 0.15) is 32.5 Å². The standard InChI is InChI=1S/C8H14N2O2/c1-6-9-7(10-12-6)5-11-8(2,3)4/h5H2,1-4H3. The molecule has 68 valence electrons. The molecule has 1 rings (SSSR count). The van der Waals surface area contributed by atoms with Gasteiger partial charge in [-0.3, -0.25) is 0 Å². The lowest BCUT2D eigenvalue weighted by Gasteiger charge is -2.17. The van der Waals surface area contributed by atoms with Crippen LogP contribution in [0.25, 0.3) is 0 Å². The van der Waals surface area contributed by atoms with Gasteiger partial charge in [0.15, 0.2) is 5.82 Å². The van der Waals surface area contributed by atoms with E-state index in [1.54, 1.807) is 6.92 Å². The van der Waals surface area contributed by atoms with Crippen molar-refractivity contribution in [2.24, 2.45) is 0 Å². The van der Waals surface area contributed by atoms with Crippen LogP contribution in [0.5, 0.6) is 0 Å².